The minimum absolute atomic E-state index is 0.245. The summed E-state index contributed by atoms with van der Waals surface area (Å²) < 4.78 is 10.1. The van der Waals surface area contributed by atoms with E-state index in [9.17, 15) is 4.79 Å². The maximum absolute atomic E-state index is 11.2. The molecule has 0 aliphatic carbocycles. The number of carbonyl (C=O) groups is 1. The van der Waals surface area contributed by atoms with Gasteiger partial charge in [-0.15, -0.1) is 0 Å². The molecule has 0 N–H and O–H groups in total. The molecule has 2 aliphatic rings. The average Bonchev–Trinajstić information content (AvgIpc) is 2.63. The molecule has 0 amide bonds. The molecule has 2 atom stereocenters. The van der Waals surface area contributed by atoms with Crippen LogP contribution in [0.4, 0.5) is 0 Å². The first kappa shape index (κ1) is 8.97. The van der Waals surface area contributed by atoms with Crippen molar-refractivity contribution in [3.05, 3.63) is 0 Å². The monoisotopic (exact) mass is 185 g/mol. The first-order valence-electron chi connectivity index (χ1n) is 4.74. The van der Waals surface area contributed by atoms with Crippen LogP contribution in [0.25, 0.3) is 0 Å². The predicted octanol–water partition coefficient (Wildman–Crippen LogP) is 0.0226. The molecule has 0 aromatic rings. The third-order valence-electron chi connectivity index (χ3n) is 2.85. The fourth-order valence-electron chi connectivity index (χ4n) is 2.09. The largest absolute Gasteiger partial charge is 0.467 e. The molecule has 2 saturated heterocycles. The highest BCUT2D eigenvalue weighted by Gasteiger charge is 2.35. The number of esters is 1. The Kier molecular flexibility index (Phi) is 2.51. The van der Waals surface area contributed by atoms with Crippen LogP contribution in [-0.2, 0) is 14.3 Å². The average molecular weight is 185 g/mol. The van der Waals surface area contributed by atoms with Crippen LogP contribution in [0, 0.1) is 0 Å². The lowest BCUT2D eigenvalue weighted by Crippen LogP contribution is -2.49. The molecule has 0 saturated carbocycles. The van der Waals surface area contributed by atoms with Crippen LogP contribution >= 0.6 is 0 Å². The minimum Gasteiger partial charge on any atom is -0.467 e. The molecule has 0 bridgehead atoms. The lowest BCUT2D eigenvalue weighted by atomic mass is 10.2. The Hall–Kier alpha value is -0.610. The van der Waals surface area contributed by atoms with Gasteiger partial charge in [0.15, 0.2) is 6.10 Å². The standard InChI is InChI=1S/C9H15NO3/c1-12-9(11)8-5-10-4-2-3-7(10)6-13-8/h7-8H,2-6H2,1H3. The van der Waals surface area contributed by atoms with Crippen LogP contribution in [-0.4, -0.2) is 49.8 Å². The molecule has 2 rings (SSSR count). The predicted molar refractivity (Wildman–Crippen MR) is 46.4 cm³/mol. The van der Waals surface area contributed by atoms with E-state index in [1.54, 1.807) is 0 Å². The minimum atomic E-state index is -0.362. The maximum atomic E-state index is 11.2. The second-order valence-corrected chi connectivity index (χ2v) is 3.64. The molecule has 2 aliphatic heterocycles. The van der Waals surface area contributed by atoms with Gasteiger partial charge in [0.05, 0.1) is 13.7 Å². The van der Waals surface area contributed by atoms with Gasteiger partial charge in [-0.2, -0.15) is 0 Å². The van der Waals surface area contributed by atoms with Crippen LogP contribution in [0.3, 0.4) is 0 Å². The lowest BCUT2D eigenvalue weighted by molar-refractivity contribution is -0.161. The van der Waals surface area contributed by atoms with E-state index in [2.05, 4.69) is 9.64 Å². The number of ether oxygens (including phenoxy) is 2. The van der Waals surface area contributed by atoms with Gasteiger partial charge in [0.1, 0.15) is 0 Å². The van der Waals surface area contributed by atoms with Crippen molar-refractivity contribution in [3.8, 4) is 0 Å². The van der Waals surface area contributed by atoms with Crippen molar-refractivity contribution in [1.82, 2.24) is 4.90 Å². The van der Waals surface area contributed by atoms with Crippen molar-refractivity contribution >= 4 is 5.97 Å². The number of morpholine rings is 1. The van der Waals surface area contributed by atoms with Crippen LogP contribution in [0.1, 0.15) is 12.8 Å². The Morgan fingerprint density at radius 3 is 3.23 bits per heavy atom. The van der Waals surface area contributed by atoms with Gasteiger partial charge in [-0.1, -0.05) is 0 Å². The Balaban J connectivity index is 1.93. The summed E-state index contributed by atoms with van der Waals surface area (Å²) in [5.74, 6) is -0.245. The van der Waals surface area contributed by atoms with E-state index in [-0.39, 0.29) is 12.1 Å². The number of hydrogen-bond donors (Lipinski definition) is 0. The second-order valence-electron chi connectivity index (χ2n) is 3.64. The van der Waals surface area contributed by atoms with Gasteiger partial charge >= 0.3 is 5.97 Å². The fourth-order valence-corrected chi connectivity index (χ4v) is 2.09. The van der Waals surface area contributed by atoms with Crippen LogP contribution in [0.2, 0.25) is 0 Å². The molecule has 74 valence electrons. The summed E-state index contributed by atoms with van der Waals surface area (Å²) in [5, 5.41) is 0. The zero-order valence-electron chi connectivity index (χ0n) is 7.86. The summed E-state index contributed by atoms with van der Waals surface area (Å²) in [4.78, 5) is 13.5. The molecule has 2 unspecified atom stereocenters. The normalized spacial score (nSPS) is 34.2. The molecule has 2 heterocycles. The van der Waals surface area contributed by atoms with Gasteiger partial charge in [0.25, 0.3) is 0 Å². The molecule has 0 radical (unpaired) electrons. The second kappa shape index (κ2) is 3.64. The van der Waals surface area contributed by atoms with E-state index >= 15 is 0 Å². The topological polar surface area (TPSA) is 38.8 Å². The van der Waals surface area contributed by atoms with Gasteiger partial charge in [-0.05, 0) is 19.4 Å². The molecule has 4 nitrogen and oxygen atoms in total. The Bertz CT molecular complexity index is 207. The van der Waals surface area contributed by atoms with E-state index in [1.807, 2.05) is 0 Å². The summed E-state index contributed by atoms with van der Waals surface area (Å²) in [6, 6.07) is 0.543. The number of fused-ring (bicyclic) bond motifs is 1. The van der Waals surface area contributed by atoms with Crippen LogP contribution in [0.5, 0.6) is 0 Å². The number of methoxy groups -OCH3 is 1. The summed E-state index contributed by atoms with van der Waals surface area (Å²) >= 11 is 0. The Morgan fingerprint density at radius 2 is 2.46 bits per heavy atom. The first-order chi connectivity index (χ1) is 6.31. The molecule has 4 heteroatoms. The maximum Gasteiger partial charge on any atom is 0.336 e. The molecule has 13 heavy (non-hydrogen) atoms. The molecular formula is C9H15NO3. The summed E-state index contributed by atoms with van der Waals surface area (Å²) in [5.41, 5.74) is 0. The Morgan fingerprint density at radius 1 is 1.62 bits per heavy atom. The van der Waals surface area contributed by atoms with E-state index in [0.717, 1.165) is 6.54 Å². The number of carbonyl (C=O) groups excluding carboxylic acids is 1. The Labute approximate surface area is 77.8 Å². The van der Waals surface area contributed by atoms with Gasteiger partial charge in [0.2, 0.25) is 0 Å². The smallest absolute Gasteiger partial charge is 0.336 e. The SMILES string of the molecule is COC(=O)C1CN2CCCC2CO1. The van der Waals surface area contributed by atoms with Crippen molar-refractivity contribution in [1.29, 1.82) is 0 Å². The lowest BCUT2D eigenvalue weighted by Gasteiger charge is -2.33. The zero-order chi connectivity index (χ0) is 9.26. The highest BCUT2D eigenvalue weighted by atomic mass is 16.6. The number of nitrogens with zero attached hydrogens (tertiary/aromatic N) is 1. The fraction of sp³-hybridized carbons (Fsp3) is 0.889. The van der Waals surface area contributed by atoms with E-state index in [1.165, 1.54) is 20.0 Å². The quantitative estimate of drug-likeness (QED) is 0.540. The van der Waals surface area contributed by atoms with Crippen LogP contribution < -0.4 is 0 Å². The van der Waals surface area contributed by atoms with E-state index in [0.29, 0.717) is 19.2 Å². The van der Waals surface area contributed by atoms with Crippen molar-refractivity contribution in [2.75, 3.05) is 26.8 Å². The van der Waals surface area contributed by atoms with Gasteiger partial charge in [0, 0.05) is 12.6 Å². The van der Waals surface area contributed by atoms with Crippen molar-refractivity contribution < 1.29 is 14.3 Å². The molecular weight excluding hydrogens is 170 g/mol. The highest BCUT2D eigenvalue weighted by Crippen LogP contribution is 2.22. The van der Waals surface area contributed by atoms with Crippen LogP contribution in [0.15, 0.2) is 0 Å². The summed E-state index contributed by atoms with van der Waals surface area (Å²) in [7, 11) is 1.40. The highest BCUT2D eigenvalue weighted by molar-refractivity contribution is 5.74. The van der Waals surface area contributed by atoms with Gasteiger partial charge < -0.3 is 9.47 Å². The summed E-state index contributed by atoms with van der Waals surface area (Å²) in [6.07, 6.45) is 2.06. The number of hydrogen-bond acceptors (Lipinski definition) is 4. The van der Waals surface area contributed by atoms with E-state index < -0.39 is 0 Å². The first-order valence-corrected chi connectivity index (χ1v) is 4.74. The molecule has 2 fully saturated rings. The van der Waals surface area contributed by atoms with Crippen molar-refractivity contribution in [2.45, 2.75) is 25.0 Å². The van der Waals surface area contributed by atoms with E-state index in [4.69, 9.17) is 4.74 Å². The summed E-state index contributed by atoms with van der Waals surface area (Å²) in [6.45, 7) is 2.48. The van der Waals surface area contributed by atoms with Crippen molar-refractivity contribution in [3.63, 3.8) is 0 Å². The zero-order valence-corrected chi connectivity index (χ0v) is 7.86. The molecule has 0 aromatic carbocycles. The third kappa shape index (κ3) is 1.69. The molecule has 0 spiro atoms. The van der Waals surface area contributed by atoms with Crippen molar-refractivity contribution in [2.24, 2.45) is 0 Å². The van der Waals surface area contributed by atoms with Gasteiger partial charge in [-0.25, -0.2) is 4.79 Å². The van der Waals surface area contributed by atoms with Gasteiger partial charge in [-0.3, -0.25) is 4.90 Å². The number of rotatable bonds is 1. The molecule has 0 aromatic heterocycles. The third-order valence-corrected chi connectivity index (χ3v) is 2.85.